The lowest BCUT2D eigenvalue weighted by Crippen LogP contribution is -2.40. The summed E-state index contributed by atoms with van der Waals surface area (Å²) in [4.78, 5) is 25.1. The first-order valence-electron chi connectivity index (χ1n) is 6.86. The van der Waals surface area contributed by atoms with Gasteiger partial charge >= 0.3 is 6.09 Å². The van der Waals surface area contributed by atoms with E-state index in [4.69, 9.17) is 4.74 Å². The number of rotatable bonds is 5. The van der Waals surface area contributed by atoms with Crippen LogP contribution in [0.1, 0.15) is 25.3 Å². The lowest BCUT2D eigenvalue weighted by molar-refractivity contribution is -0.129. The topological polar surface area (TPSA) is 46.6 Å². The number of carbonyl (C=O) groups excluding carboxylic acids is 2. The Morgan fingerprint density at radius 2 is 2.15 bits per heavy atom. The van der Waals surface area contributed by atoms with Crippen molar-refractivity contribution < 1.29 is 14.3 Å². The van der Waals surface area contributed by atoms with Gasteiger partial charge in [0, 0.05) is 6.42 Å². The lowest BCUT2D eigenvalue weighted by Gasteiger charge is -2.19. The SMILES string of the molecule is CC=CCCC(=O)N1C(=O)OC[C@@H]1Cc1ccccc1. The van der Waals surface area contributed by atoms with Crippen LogP contribution in [-0.4, -0.2) is 29.5 Å². The third-order valence-corrected chi connectivity index (χ3v) is 3.30. The molecular formula is C16H19NO3. The highest BCUT2D eigenvalue weighted by Crippen LogP contribution is 2.18. The highest BCUT2D eigenvalue weighted by atomic mass is 16.6. The molecule has 2 amide bonds. The van der Waals surface area contributed by atoms with Gasteiger partial charge in [0.05, 0.1) is 6.04 Å². The van der Waals surface area contributed by atoms with E-state index in [0.717, 1.165) is 5.56 Å². The van der Waals surface area contributed by atoms with E-state index in [1.165, 1.54) is 4.90 Å². The van der Waals surface area contributed by atoms with E-state index >= 15 is 0 Å². The number of hydrogen-bond acceptors (Lipinski definition) is 3. The molecule has 1 fully saturated rings. The number of nitrogens with zero attached hydrogens (tertiary/aromatic N) is 1. The second-order valence-corrected chi connectivity index (χ2v) is 4.79. The molecule has 0 unspecified atom stereocenters. The number of hydrogen-bond donors (Lipinski definition) is 0. The third kappa shape index (κ3) is 3.47. The molecule has 0 aromatic heterocycles. The van der Waals surface area contributed by atoms with Crippen molar-refractivity contribution in [3.63, 3.8) is 0 Å². The summed E-state index contributed by atoms with van der Waals surface area (Å²) >= 11 is 0. The molecule has 2 rings (SSSR count). The van der Waals surface area contributed by atoms with Crippen LogP contribution in [0.25, 0.3) is 0 Å². The quantitative estimate of drug-likeness (QED) is 0.775. The monoisotopic (exact) mass is 273 g/mol. The van der Waals surface area contributed by atoms with Crippen molar-refractivity contribution in [1.29, 1.82) is 0 Å². The maximum atomic E-state index is 12.1. The summed E-state index contributed by atoms with van der Waals surface area (Å²) in [7, 11) is 0. The van der Waals surface area contributed by atoms with E-state index in [2.05, 4.69) is 0 Å². The maximum Gasteiger partial charge on any atom is 0.416 e. The van der Waals surface area contributed by atoms with Crippen LogP contribution >= 0.6 is 0 Å². The average Bonchev–Trinajstić information content (AvgIpc) is 2.81. The Labute approximate surface area is 119 Å². The van der Waals surface area contributed by atoms with Gasteiger partial charge < -0.3 is 4.74 Å². The molecule has 1 heterocycles. The Bertz CT molecular complexity index is 496. The molecule has 1 aromatic carbocycles. The highest BCUT2D eigenvalue weighted by molar-refractivity contribution is 5.93. The largest absolute Gasteiger partial charge is 0.447 e. The number of allylic oxidation sites excluding steroid dienone is 2. The third-order valence-electron chi connectivity index (χ3n) is 3.30. The van der Waals surface area contributed by atoms with Crippen LogP contribution in [0.15, 0.2) is 42.5 Å². The predicted molar refractivity (Wildman–Crippen MR) is 76.2 cm³/mol. The van der Waals surface area contributed by atoms with Crippen LogP contribution in [0.5, 0.6) is 0 Å². The molecular weight excluding hydrogens is 254 g/mol. The average molecular weight is 273 g/mol. The first-order chi connectivity index (χ1) is 9.72. The molecule has 0 bridgehead atoms. The van der Waals surface area contributed by atoms with Crippen molar-refractivity contribution in [3.8, 4) is 0 Å². The van der Waals surface area contributed by atoms with Gasteiger partial charge in [-0.1, -0.05) is 42.5 Å². The first kappa shape index (κ1) is 14.3. The Morgan fingerprint density at radius 1 is 1.40 bits per heavy atom. The van der Waals surface area contributed by atoms with Crippen molar-refractivity contribution in [2.75, 3.05) is 6.61 Å². The van der Waals surface area contributed by atoms with E-state index < -0.39 is 6.09 Å². The molecule has 1 aliphatic heterocycles. The fourth-order valence-electron chi connectivity index (χ4n) is 2.30. The van der Waals surface area contributed by atoms with Gasteiger partial charge in [0.25, 0.3) is 0 Å². The minimum Gasteiger partial charge on any atom is -0.447 e. The molecule has 0 saturated carbocycles. The molecule has 106 valence electrons. The summed E-state index contributed by atoms with van der Waals surface area (Å²) in [6, 6.07) is 9.63. The normalized spacial score (nSPS) is 18.6. The number of amides is 2. The summed E-state index contributed by atoms with van der Waals surface area (Å²) in [5.74, 6) is -0.161. The van der Waals surface area contributed by atoms with Crippen molar-refractivity contribution >= 4 is 12.0 Å². The Kier molecular flexibility index (Phi) is 4.93. The molecule has 4 nitrogen and oxygen atoms in total. The van der Waals surface area contributed by atoms with Crippen LogP contribution in [0.2, 0.25) is 0 Å². The molecule has 0 aliphatic carbocycles. The number of imide groups is 1. The van der Waals surface area contributed by atoms with Gasteiger partial charge in [-0.2, -0.15) is 0 Å². The minimum atomic E-state index is -0.517. The number of ether oxygens (including phenoxy) is 1. The van der Waals surface area contributed by atoms with E-state index in [-0.39, 0.29) is 18.6 Å². The second kappa shape index (κ2) is 6.89. The Hall–Kier alpha value is -2.10. The van der Waals surface area contributed by atoms with Gasteiger partial charge in [0.2, 0.25) is 5.91 Å². The minimum absolute atomic E-state index is 0.161. The Morgan fingerprint density at radius 3 is 2.85 bits per heavy atom. The van der Waals surface area contributed by atoms with Crippen LogP contribution in [-0.2, 0) is 16.0 Å². The smallest absolute Gasteiger partial charge is 0.416 e. The summed E-state index contributed by atoms with van der Waals surface area (Å²) in [5.41, 5.74) is 1.10. The zero-order valence-corrected chi connectivity index (χ0v) is 11.6. The van der Waals surface area contributed by atoms with E-state index in [9.17, 15) is 9.59 Å². The van der Waals surface area contributed by atoms with Gasteiger partial charge in [0.15, 0.2) is 0 Å². The zero-order chi connectivity index (χ0) is 14.4. The van der Waals surface area contributed by atoms with Crippen molar-refractivity contribution in [1.82, 2.24) is 4.90 Å². The van der Waals surface area contributed by atoms with E-state index in [1.54, 1.807) is 0 Å². The molecule has 1 aromatic rings. The molecule has 1 atom stereocenters. The number of carbonyl (C=O) groups is 2. The van der Waals surface area contributed by atoms with Crippen LogP contribution in [0.4, 0.5) is 4.79 Å². The van der Waals surface area contributed by atoms with Gasteiger partial charge in [-0.05, 0) is 25.3 Å². The van der Waals surface area contributed by atoms with Crippen molar-refractivity contribution in [2.45, 2.75) is 32.2 Å². The summed E-state index contributed by atoms with van der Waals surface area (Å²) < 4.78 is 5.03. The lowest BCUT2D eigenvalue weighted by atomic mass is 10.1. The second-order valence-electron chi connectivity index (χ2n) is 4.79. The summed E-state index contributed by atoms with van der Waals surface area (Å²) in [6.45, 7) is 2.19. The maximum absolute atomic E-state index is 12.1. The zero-order valence-electron chi connectivity index (χ0n) is 11.6. The fourth-order valence-corrected chi connectivity index (χ4v) is 2.30. The van der Waals surface area contributed by atoms with Crippen molar-refractivity contribution in [3.05, 3.63) is 48.0 Å². The van der Waals surface area contributed by atoms with Crippen LogP contribution in [0.3, 0.4) is 0 Å². The number of cyclic esters (lactones) is 1. The highest BCUT2D eigenvalue weighted by Gasteiger charge is 2.37. The van der Waals surface area contributed by atoms with Crippen LogP contribution in [0, 0.1) is 0 Å². The number of benzene rings is 1. The standard InChI is InChI=1S/C16H19NO3/c1-2-3-5-10-15(18)17-14(12-20-16(17)19)11-13-8-6-4-7-9-13/h2-4,6-9,14H,5,10-12H2,1H3/t14-/m0/s1. The molecule has 20 heavy (non-hydrogen) atoms. The molecule has 4 heteroatoms. The van der Waals surface area contributed by atoms with Gasteiger partial charge in [-0.15, -0.1) is 0 Å². The molecule has 0 radical (unpaired) electrons. The molecule has 0 spiro atoms. The predicted octanol–water partition coefficient (Wildman–Crippen LogP) is 2.93. The summed E-state index contributed by atoms with van der Waals surface area (Å²) in [6.07, 6.45) is 4.93. The summed E-state index contributed by atoms with van der Waals surface area (Å²) in [5, 5.41) is 0. The molecule has 1 aliphatic rings. The van der Waals surface area contributed by atoms with Crippen molar-refractivity contribution in [2.24, 2.45) is 0 Å². The van der Waals surface area contributed by atoms with Gasteiger partial charge in [-0.25, -0.2) is 9.69 Å². The van der Waals surface area contributed by atoms with E-state index in [1.807, 2.05) is 49.4 Å². The van der Waals surface area contributed by atoms with E-state index in [0.29, 0.717) is 19.3 Å². The van der Waals surface area contributed by atoms with Gasteiger partial charge in [-0.3, -0.25) is 4.79 Å². The molecule has 1 saturated heterocycles. The first-order valence-corrected chi connectivity index (χ1v) is 6.86. The Balaban J connectivity index is 2.01. The van der Waals surface area contributed by atoms with Crippen LogP contribution < -0.4 is 0 Å². The fraction of sp³-hybridized carbons (Fsp3) is 0.375. The van der Waals surface area contributed by atoms with Gasteiger partial charge in [0.1, 0.15) is 6.61 Å². The molecule has 0 N–H and O–H groups in total.